The van der Waals surface area contributed by atoms with Crippen molar-refractivity contribution in [1.29, 1.82) is 0 Å². The zero-order valence-electron chi connectivity index (χ0n) is 14.7. The average Bonchev–Trinajstić information content (AvgIpc) is 3.05. The van der Waals surface area contributed by atoms with Gasteiger partial charge in [0.05, 0.1) is 11.1 Å². The second-order valence-electron chi connectivity index (χ2n) is 6.66. The molecule has 0 spiro atoms. The Bertz CT molecular complexity index is 861. The summed E-state index contributed by atoms with van der Waals surface area (Å²) in [5.41, 5.74) is 0.649. The van der Waals surface area contributed by atoms with Crippen molar-refractivity contribution in [2.45, 2.75) is 37.5 Å². The van der Waals surface area contributed by atoms with Crippen LogP contribution in [0, 0.1) is 17.0 Å². The summed E-state index contributed by atoms with van der Waals surface area (Å²) < 4.78 is 46.9. The summed E-state index contributed by atoms with van der Waals surface area (Å²) in [4.78, 5) is 14.4. The molecule has 0 aliphatic carbocycles. The third-order valence-electron chi connectivity index (χ3n) is 4.71. The first-order valence-electron chi connectivity index (χ1n) is 8.47. The molecule has 1 unspecified atom stereocenters. The molecule has 2 aromatic rings. The zero-order valence-corrected chi connectivity index (χ0v) is 16.3. The molecular formula is C18H17BrF3N3O3. The Hall–Kier alpha value is -2.20. The summed E-state index contributed by atoms with van der Waals surface area (Å²) >= 11 is 3.20. The molecule has 0 amide bonds. The van der Waals surface area contributed by atoms with Crippen LogP contribution in [0.1, 0.15) is 23.5 Å². The molecule has 1 aliphatic rings. The SMILES string of the molecule is Cc1cc(C2C[C@@H](COc3ccc(Br)nc3)N[C@H]2C(F)(F)F)ccc1[N+](=O)[O-]. The molecule has 1 saturated heterocycles. The maximum absolute atomic E-state index is 13.6. The number of aromatic nitrogens is 1. The van der Waals surface area contributed by atoms with Crippen molar-refractivity contribution in [2.75, 3.05) is 6.61 Å². The molecule has 150 valence electrons. The van der Waals surface area contributed by atoms with Gasteiger partial charge in [-0.15, -0.1) is 0 Å². The van der Waals surface area contributed by atoms with Crippen LogP contribution in [0.3, 0.4) is 0 Å². The van der Waals surface area contributed by atoms with Crippen LogP contribution in [0.5, 0.6) is 5.75 Å². The Morgan fingerprint density at radius 2 is 2.11 bits per heavy atom. The summed E-state index contributed by atoms with van der Waals surface area (Å²) in [6, 6.07) is 5.21. The van der Waals surface area contributed by atoms with Gasteiger partial charge in [0.2, 0.25) is 0 Å². The van der Waals surface area contributed by atoms with Gasteiger partial charge in [0.1, 0.15) is 23.0 Å². The number of rotatable bonds is 5. The van der Waals surface area contributed by atoms with E-state index in [9.17, 15) is 23.3 Å². The van der Waals surface area contributed by atoms with Gasteiger partial charge in [-0.1, -0.05) is 6.07 Å². The van der Waals surface area contributed by atoms with Crippen molar-refractivity contribution in [3.63, 3.8) is 0 Å². The minimum Gasteiger partial charge on any atom is -0.490 e. The third kappa shape index (κ3) is 4.61. The number of pyridine rings is 1. The maximum atomic E-state index is 13.6. The van der Waals surface area contributed by atoms with Crippen LogP contribution < -0.4 is 10.1 Å². The summed E-state index contributed by atoms with van der Waals surface area (Å²) in [6.07, 6.45) is -2.77. The Balaban J connectivity index is 1.76. The van der Waals surface area contributed by atoms with E-state index >= 15 is 0 Å². The van der Waals surface area contributed by atoms with Crippen LogP contribution in [0.25, 0.3) is 0 Å². The minimum atomic E-state index is -4.45. The molecular weight excluding hydrogens is 443 g/mol. The van der Waals surface area contributed by atoms with Gasteiger partial charge in [0, 0.05) is 23.6 Å². The standard InChI is InChI=1S/C18H17BrF3N3O3/c1-10-6-11(2-4-15(10)25(26)27)14-7-12(24-17(14)18(20,21)22)9-28-13-3-5-16(19)23-8-13/h2-6,8,12,14,17,24H,7,9H2,1H3/t12-,14?,17+/m0/s1. The Morgan fingerprint density at radius 1 is 1.36 bits per heavy atom. The fourth-order valence-electron chi connectivity index (χ4n) is 3.41. The van der Waals surface area contributed by atoms with Gasteiger partial charge < -0.3 is 4.74 Å². The summed E-state index contributed by atoms with van der Waals surface area (Å²) in [5, 5.41) is 13.6. The first-order valence-corrected chi connectivity index (χ1v) is 9.26. The number of aryl methyl sites for hydroxylation is 1. The largest absolute Gasteiger partial charge is 0.490 e. The van der Waals surface area contributed by atoms with E-state index in [4.69, 9.17) is 4.74 Å². The Kier molecular flexibility index (Phi) is 5.90. The molecule has 0 radical (unpaired) electrons. The predicted octanol–water partition coefficient (Wildman–Crippen LogP) is 4.52. The molecule has 1 aromatic heterocycles. The van der Waals surface area contributed by atoms with Gasteiger partial charge in [0.25, 0.3) is 5.69 Å². The van der Waals surface area contributed by atoms with Crippen molar-refractivity contribution in [3.05, 3.63) is 62.4 Å². The number of ether oxygens (including phenoxy) is 1. The van der Waals surface area contributed by atoms with E-state index in [0.29, 0.717) is 21.5 Å². The quantitative estimate of drug-likeness (QED) is 0.404. The van der Waals surface area contributed by atoms with Gasteiger partial charge in [-0.2, -0.15) is 13.2 Å². The first-order chi connectivity index (χ1) is 13.1. The number of nitrogens with zero attached hydrogens (tertiary/aromatic N) is 2. The molecule has 3 rings (SSSR count). The lowest BCUT2D eigenvalue weighted by Gasteiger charge is -2.23. The van der Waals surface area contributed by atoms with Crippen molar-refractivity contribution < 1.29 is 22.8 Å². The number of alkyl halides is 3. The smallest absolute Gasteiger partial charge is 0.404 e. The monoisotopic (exact) mass is 459 g/mol. The van der Waals surface area contributed by atoms with Crippen molar-refractivity contribution in [2.24, 2.45) is 0 Å². The fourth-order valence-corrected chi connectivity index (χ4v) is 3.64. The van der Waals surface area contributed by atoms with E-state index in [1.54, 1.807) is 12.1 Å². The van der Waals surface area contributed by atoms with Gasteiger partial charge in [-0.3, -0.25) is 15.4 Å². The Morgan fingerprint density at radius 3 is 2.68 bits per heavy atom. The number of nitro benzene ring substituents is 1. The van der Waals surface area contributed by atoms with Crippen LogP contribution in [0.2, 0.25) is 0 Å². The topological polar surface area (TPSA) is 77.3 Å². The lowest BCUT2D eigenvalue weighted by atomic mass is 9.89. The third-order valence-corrected chi connectivity index (χ3v) is 5.17. The maximum Gasteiger partial charge on any atom is 0.404 e. The highest BCUT2D eigenvalue weighted by Crippen LogP contribution is 2.40. The van der Waals surface area contributed by atoms with Crippen LogP contribution in [0.4, 0.5) is 18.9 Å². The van der Waals surface area contributed by atoms with Crippen molar-refractivity contribution in [3.8, 4) is 5.75 Å². The molecule has 3 atom stereocenters. The van der Waals surface area contributed by atoms with Crippen LogP contribution in [-0.2, 0) is 0 Å². The molecule has 1 N–H and O–H groups in total. The van der Waals surface area contributed by atoms with E-state index < -0.39 is 29.1 Å². The second kappa shape index (κ2) is 8.04. The molecule has 0 bridgehead atoms. The van der Waals surface area contributed by atoms with Gasteiger partial charge >= 0.3 is 6.18 Å². The van der Waals surface area contributed by atoms with Crippen LogP contribution in [-0.4, -0.2) is 34.8 Å². The molecule has 1 fully saturated rings. The van der Waals surface area contributed by atoms with Gasteiger partial charge in [-0.25, -0.2) is 4.98 Å². The van der Waals surface area contributed by atoms with Crippen molar-refractivity contribution in [1.82, 2.24) is 10.3 Å². The predicted molar refractivity (Wildman–Crippen MR) is 99.4 cm³/mol. The van der Waals surface area contributed by atoms with E-state index in [-0.39, 0.29) is 18.7 Å². The average molecular weight is 460 g/mol. The number of hydrogen-bond donors (Lipinski definition) is 1. The summed E-state index contributed by atoms with van der Waals surface area (Å²) in [6.45, 7) is 1.58. The molecule has 2 heterocycles. The lowest BCUT2D eigenvalue weighted by molar-refractivity contribution is -0.385. The van der Waals surface area contributed by atoms with E-state index in [1.165, 1.54) is 31.3 Å². The second-order valence-corrected chi connectivity index (χ2v) is 7.47. The number of nitrogens with one attached hydrogen (secondary N) is 1. The Labute approximate surface area is 167 Å². The molecule has 0 saturated carbocycles. The number of halogens is 4. The van der Waals surface area contributed by atoms with E-state index in [2.05, 4.69) is 26.2 Å². The molecule has 1 aromatic carbocycles. The van der Waals surface area contributed by atoms with E-state index in [0.717, 1.165) is 0 Å². The lowest BCUT2D eigenvalue weighted by Crippen LogP contribution is -2.44. The molecule has 28 heavy (non-hydrogen) atoms. The van der Waals surface area contributed by atoms with Gasteiger partial charge in [-0.05, 0) is 53.0 Å². The van der Waals surface area contributed by atoms with Crippen LogP contribution in [0.15, 0.2) is 41.1 Å². The summed E-state index contributed by atoms with van der Waals surface area (Å²) in [5.74, 6) is -0.390. The van der Waals surface area contributed by atoms with Crippen LogP contribution >= 0.6 is 15.9 Å². The molecule has 6 nitrogen and oxygen atoms in total. The van der Waals surface area contributed by atoms with E-state index in [1.807, 2.05) is 0 Å². The highest BCUT2D eigenvalue weighted by Gasteiger charge is 2.50. The highest BCUT2D eigenvalue weighted by atomic mass is 79.9. The number of benzene rings is 1. The fraction of sp³-hybridized carbons (Fsp3) is 0.389. The minimum absolute atomic E-state index is 0.0539. The number of nitro groups is 1. The van der Waals surface area contributed by atoms with Crippen molar-refractivity contribution >= 4 is 21.6 Å². The zero-order chi connectivity index (χ0) is 20.5. The molecule has 10 heteroatoms. The number of hydrogen-bond acceptors (Lipinski definition) is 5. The normalized spacial score (nSPS) is 22.2. The first kappa shape index (κ1) is 20.5. The molecule has 1 aliphatic heterocycles. The highest BCUT2D eigenvalue weighted by molar-refractivity contribution is 9.10. The summed E-state index contributed by atoms with van der Waals surface area (Å²) in [7, 11) is 0. The van der Waals surface area contributed by atoms with Gasteiger partial charge in [0.15, 0.2) is 0 Å².